The number of methoxy groups -OCH3 is 1. The highest BCUT2D eigenvalue weighted by atomic mass is 16.5. The van der Waals surface area contributed by atoms with Crippen LogP contribution in [0.15, 0.2) is 28.9 Å². The number of carbonyl (C=O) groups excluding carboxylic acids is 2. The van der Waals surface area contributed by atoms with Gasteiger partial charge in [-0.1, -0.05) is 17.3 Å². The Balaban J connectivity index is 1.53. The van der Waals surface area contributed by atoms with E-state index in [1.165, 1.54) is 0 Å². The zero-order valence-corrected chi connectivity index (χ0v) is 14.3. The molecule has 0 unspecified atom stereocenters. The van der Waals surface area contributed by atoms with Crippen LogP contribution >= 0.6 is 0 Å². The van der Waals surface area contributed by atoms with Crippen LogP contribution in [0.2, 0.25) is 0 Å². The monoisotopic (exact) mass is 347 g/mol. The molecule has 1 spiro atoms. The van der Waals surface area contributed by atoms with E-state index in [9.17, 15) is 9.59 Å². The minimum absolute atomic E-state index is 0.0321. The molecule has 4 heterocycles. The molecule has 0 aliphatic carbocycles. The van der Waals surface area contributed by atoms with Gasteiger partial charge in [0.1, 0.15) is 5.60 Å². The summed E-state index contributed by atoms with van der Waals surface area (Å²) in [6.07, 6.45) is 5.06. The Bertz CT molecular complexity index is 703. The molecule has 8 nitrogen and oxygen atoms in total. The SMILES string of the molecule is COCCN1C[C@]23C=C[C@H](O2)[C@@H](C(=O)N(C)Cc2ccno2)[C@@H]3C1=O. The van der Waals surface area contributed by atoms with E-state index in [1.807, 2.05) is 12.2 Å². The van der Waals surface area contributed by atoms with Crippen molar-refractivity contribution in [2.24, 2.45) is 11.8 Å². The summed E-state index contributed by atoms with van der Waals surface area (Å²) in [4.78, 5) is 29.2. The van der Waals surface area contributed by atoms with Gasteiger partial charge < -0.3 is 23.8 Å². The van der Waals surface area contributed by atoms with Crippen LogP contribution in [0.5, 0.6) is 0 Å². The second kappa shape index (κ2) is 5.96. The van der Waals surface area contributed by atoms with Gasteiger partial charge >= 0.3 is 0 Å². The summed E-state index contributed by atoms with van der Waals surface area (Å²) in [5.74, 6) is -0.512. The van der Waals surface area contributed by atoms with Gasteiger partial charge in [0.2, 0.25) is 11.8 Å². The van der Waals surface area contributed by atoms with Gasteiger partial charge in [-0.05, 0) is 0 Å². The fourth-order valence-electron chi connectivity index (χ4n) is 4.14. The summed E-state index contributed by atoms with van der Waals surface area (Å²) in [6, 6.07) is 1.72. The highest BCUT2D eigenvalue weighted by molar-refractivity contribution is 5.92. The van der Waals surface area contributed by atoms with Crippen LogP contribution in [-0.4, -0.2) is 72.3 Å². The maximum atomic E-state index is 13.0. The number of nitrogens with zero attached hydrogens (tertiary/aromatic N) is 3. The molecule has 2 saturated heterocycles. The predicted octanol–water partition coefficient (Wildman–Crippen LogP) is 0.0614. The Morgan fingerprint density at radius 1 is 1.56 bits per heavy atom. The lowest BCUT2D eigenvalue weighted by Crippen LogP contribution is -2.44. The van der Waals surface area contributed by atoms with Gasteiger partial charge in [-0.3, -0.25) is 9.59 Å². The molecule has 2 bridgehead atoms. The number of hydrogen-bond acceptors (Lipinski definition) is 6. The van der Waals surface area contributed by atoms with Crippen LogP contribution in [0.25, 0.3) is 0 Å². The van der Waals surface area contributed by atoms with Gasteiger partial charge in [-0.15, -0.1) is 0 Å². The fourth-order valence-corrected chi connectivity index (χ4v) is 4.14. The van der Waals surface area contributed by atoms with E-state index >= 15 is 0 Å². The van der Waals surface area contributed by atoms with Crippen molar-refractivity contribution < 1.29 is 23.6 Å². The predicted molar refractivity (Wildman–Crippen MR) is 85.2 cm³/mol. The molecule has 0 radical (unpaired) electrons. The van der Waals surface area contributed by atoms with Crippen molar-refractivity contribution in [1.82, 2.24) is 15.0 Å². The van der Waals surface area contributed by atoms with Crippen LogP contribution in [0.3, 0.4) is 0 Å². The minimum Gasteiger partial charge on any atom is -0.383 e. The second-order valence-corrected chi connectivity index (χ2v) is 6.83. The Morgan fingerprint density at radius 3 is 3.12 bits per heavy atom. The van der Waals surface area contributed by atoms with Gasteiger partial charge in [0.25, 0.3) is 0 Å². The van der Waals surface area contributed by atoms with Crippen molar-refractivity contribution in [3.63, 3.8) is 0 Å². The molecular weight excluding hydrogens is 326 g/mol. The average molecular weight is 347 g/mol. The second-order valence-electron chi connectivity index (χ2n) is 6.83. The zero-order chi connectivity index (χ0) is 17.6. The molecule has 1 aromatic rings. The van der Waals surface area contributed by atoms with E-state index in [0.717, 1.165) is 0 Å². The Morgan fingerprint density at radius 2 is 2.40 bits per heavy atom. The number of aromatic nitrogens is 1. The standard InChI is InChI=1S/C17H21N3O5/c1-19(9-11-4-6-18-25-11)15(21)13-12-3-5-17(24-12)10-20(7-8-23-2)16(22)14(13)17/h3-6,12-14H,7-10H2,1-2H3/t12-,13+,14+,17-/m0/s1. The number of hydrogen-bond donors (Lipinski definition) is 0. The highest BCUT2D eigenvalue weighted by Gasteiger charge is 2.66. The van der Waals surface area contributed by atoms with Crippen LogP contribution in [-0.2, 0) is 25.6 Å². The summed E-state index contributed by atoms with van der Waals surface area (Å²) in [6.45, 7) is 1.76. The fraction of sp³-hybridized carbons (Fsp3) is 0.588. The normalized spacial score (nSPS) is 32.5. The van der Waals surface area contributed by atoms with Gasteiger partial charge in [-0.25, -0.2) is 0 Å². The quantitative estimate of drug-likeness (QED) is 0.677. The summed E-state index contributed by atoms with van der Waals surface area (Å²) in [7, 11) is 3.31. The van der Waals surface area contributed by atoms with Crippen LogP contribution in [0, 0.1) is 11.8 Å². The number of rotatable bonds is 6. The molecule has 4 atom stereocenters. The van der Waals surface area contributed by atoms with Crippen molar-refractivity contribution in [2.75, 3.05) is 33.9 Å². The molecule has 25 heavy (non-hydrogen) atoms. The van der Waals surface area contributed by atoms with Crippen molar-refractivity contribution in [3.8, 4) is 0 Å². The highest BCUT2D eigenvalue weighted by Crippen LogP contribution is 2.52. The van der Waals surface area contributed by atoms with Gasteiger partial charge in [0, 0.05) is 26.8 Å². The average Bonchev–Trinajstić information content (AvgIpc) is 3.35. The third-order valence-corrected chi connectivity index (χ3v) is 5.29. The molecular formula is C17H21N3O5. The van der Waals surface area contributed by atoms with E-state index in [4.69, 9.17) is 14.0 Å². The summed E-state index contributed by atoms with van der Waals surface area (Å²) in [5.41, 5.74) is -0.678. The third-order valence-electron chi connectivity index (χ3n) is 5.29. The lowest BCUT2D eigenvalue weighted by Gasteiger charge is -2.27. The molecule has 4 rings (SSSR count). The van der Waals surface area contributed by atoms with Crippen molar-refractivity contribution >= 4 is 11.8 Å². The maximum absolute atomic E-state index is 13.0. The molecule has 2 amide bonds. The number of amides is 2. The Hall–Kier alpha value is -2.19. The molecule has 8 heteroatoms. The smallest absolute Gasteiger partial charge is 0.230 e. The number of likely N-dealkylation sites (tertiary alicyclic amines) is 1. The maximum Gasteiger partial charge on any atom is 0.230 e. The molecule has 1 aromatic heterocycles. The molecule has 0 N–H and O–H groups in total. The van der Waals surface area contributed by atoms with Gasteiger partial charge in [0.05, 0.1) is 43.8 Å². The molecule has 134 valence electrons. The number of ether oxygens (including phenoxy) is 2. The molecule has 0 saturated carbocycles. The summed E-state index contributed by atoms with van der Waals surface area (Å²) < 4.78 is 16.2. The first kappa shape index (κ1) is 16.3. The topological polar surface area (TPSA) is 85.1 Å². The Labute approximate surface area is 145 Å². The van der Waals surface area contributed by atoms with E-state index in [1.54, 1.807) is 36.2 Å². The number of carbonyl (C=O) groups is 2. The first-order chi connectivity index (χ1) is 12.1. The molecule has 2 fully saturated rings. The van der Waals surface area contributed by atoms with E-state index in [-0.39, 0.29) is 17.9 Å². The first-order valence-corrected chi connectivity index (χ1v) is 8.35. The van der Waals surface area contributed by atoms with Crippen molar-refractivity contribution in [1.29, 1.82) is 0 Å². The van der Waals surface area contributed by atoms with E-state index in [0.29, 0.717) is 32.0 Å². The van der Waals surface area contributed by atoms with Crippen LogP contribution in [0.4, 0.5) is 0 Å². The summed E-state index contributed by atoms with van der Waals surface area (Å²) >= 11 is 0. The first-order valence-electron chi connectivity index (χ1n) is 8.35. The van der Waals surface area contributed by atoms with E-state index in [2.05, 4.69) is 5.16 Å². The van der Waals surface area contributed by atoms with Crippen LogP contribution < -0.4 is 0 Å². The third kappa shape index (κ3) is 2.47. The Kier molecular flexibility index (Phi) is 3.88. The molecule has 0 aromatic carbocycles. The number of fused-ring (bicyclic) bond motifs is 1. The molecule has 3 aliphatic rings. The van der Waals surface area contributed by atoms with Crippen molar-refractivity contribution in [2.45, 2.75) is 18.2 Å². The largest absolute Gasteiger partial charge is 0.383 e. The lowest BCUT2D eigenvalue weighted by atomic mass is 9.76. The van der Waals surface area contributed by atoms with Gasteiger partial charge in [0.15, 0.2) is 5.76 Å². The van der Waals surface area contributed by atoms with Crippen LogP contribution in [0.1, 0.15) is 5.76 Å². The van der Waals surface area contributed by atoms with E-state index < -0.39 is 17.4 Å². The minimum atomic E-state index is -0.678. The molecule has 3 aliphatic heterocycles. The summed E-state index contributed by atoms with van der Waals surface area (Å²) in [5, 5.41) is 3.65. The lowest BCUT2D eigenvalue weighted by molar-refractivity contribution is -0.143. The van der Waals surface area contributed by atoms with Crippen molar-refractivity contribution in [3.05, 3.63) is 30.2 Å². The zero-order valence-electron chi connectivity index (χ0n) is 14.3. The van der Waals surface area contributed by atoms with Gasteiger partial charge in [-0.2, -0.15) is 0 Å².